The molecular weight excluding hydrogens is 524 g/mol. The van der Waals surface area contributed by atoms with Crippen LogP contribution in [0, 0.1) is 5.82 Å². The zero-order valence-electron chi connectivity index (χ0n) is 18.7. The van der Waals surface area contributed by atoms with Crippen LogP contribution in [-0.4, -0.2) is 31.4 Å². The molecule has 0 heterocycles. The summed E-state index contributed by atoms with van der Waals surface area (Å²) >= 11 is 12.0. The number of benzene rings is 4. The van der Waals surface area contributed by atoms with E-state index in [0.717, 1.165) is 20.6 Å². The number of nitrogens with one attached hydrogen (secondary N) is 1. The summed E-state index contributed by atoms with van der Waals surface area (Å²) in [5.41, 5.74) is 3.07. The van der Waals surface area contributed by atoms with Gasteiger partial charge in [-0.25, -0.2) is 18.2 Å². The van der Waals surface area contributed by atoms with Crippen molar-refractivity contribution in [2.24, 2.45) is 5.10 Å². The molecule has 4 aromatic rings. The van der Waals surface area contributed by atoms with Crippen LogP contribution in [0.3, 0.4) is 0 Å². The summed E-state index contributed by atoms with van der Waals surface area (Å²) in [5, 5.41) is 6.33. The lowest BCUT2D eigenvalue weighted by molar-refractivity contribution is -0.121. The normalized spacial score (nSPS) is 11.9. The van der Waals surface area contributed by atoms with Crippen molar-refractivity contribution in [3.05, 3.63) is 112 Å². The summed E-state index contributed by atoms with van der Waals surface area (Å²) in [6.45, 7) is -1.08. The highest BCUT2D eigenvalue weighted by atomic mass is 35.5. The molecule has 0 saturated carbocycles. The van der Waals surface area contributed by atoms with Gasteiger partial charge in [-0.2, -0.15) is 9.41 Å². The van der Waals surface area contributed by atoms with Crippen LogP contribution in [0.25, 0.3) is 10.8 Å². The van der Waals surface area contributed by atoms with Crippen LogP contribution in [-0.2, 0) is 21.4 Å². The lowest BCUT2D eigenvalue weighted by Crippen LogP contribution is -2.39. The van der Waals surface area contributed by atoms with Gasteiger partial charge in [0.25, 0.3) is 5.91 Å². The molecule has 0 bridgehead atoms. The van der Waals surface area contributed by atoms with E-state index < -0.39 is 34.8 Å². The van der Waals surface area contributed by atoms with Crippen molar-refractivity contribution in [3.8, 4) is 0 Å². The van der Waals surface area contributed by atoms with E-state index in [2.05, 4.69) is 10.5 Å². The van der Waals surface area contributed by atoms with Gasteiger partial charge in [0.2, 0.25) is 10.0 Å². The molecule has 0 atom stereocenters. The summed E-state index contributed by atoms with van der Waals surface area (Å²) in [5.74, 6) is -1.40. The van der Waals surface area contributed by atoms with Crippen molar-refractivity contribution in [1.82, 2.24) is 9.73 Å². The van der Waals surface area contributed by atoms with Gasteiger partial charge >= 0.3 is 0 Å². The van der Waals surface area contributed by atoms with E-state index in [-0.39, 0.29) is 15.5 Å². The number of fused-ring (bicyclic) bond motifs is 1. The smallest absolute Gasteiger partial charge is 0.255 e. The lowest BCUT2D eigenvalue weighted by Gasteiger charge is -2.22. The zero-order chi connectivity index (χ0) is 25.7. The van der Waals surface area contributed by atoms with Gasteiger partial charge in [-0.3, -0.25) is 4.79 Å². The quantitative estimate of drug-likeness (QED) is 0.231. The minimum Gasteiger partial charge on any atom is -0.272 e. The SMILES string of the molecule is O=C(CN(Cc1c(F)cccc1Cl)S(=O)(=O)c1ccc(Cl)cc1)N/N=C\c1cccc2ccccc12. The Balaban J connectivity index is 1.58. The van der Waals surface area contributed by atoms with Gasteiger partial charge in [0.05, 0.1) is 17.7 Å². The summed E-state index contributed by atoms with van der Waals surface area (Å²) in [4.78, 5) is 12.6. The van der Waals surface area contributed by atoms with Gasteiger partial charge in [0.15, 0.2) is 0 Å². The fraction of sp³-hybridized carbons (Fsp3) is 0.0769. The third-order valence-electron chi connectivity index (χ3n) is 5.38. The molecule has 0 aliphatic heterocycles. The Morgan fingerprint density at radius 2 is 1.64 bits per heavy atom. The fourth-order valence-electron chi connectivity index (χ4n) is 3.57. The molecule has 0 saturated heterocycles. The number of hydrogen-bond donors (Lipinski definition) is 1. The van der Waals surface area contributed by atoms with Crippen LogP contribution in [0.2, 0.25) is 10.0 Å². The zero-order valence-corrected chi connectivity index (χ0v) is 21.1. The predicted octanol–water partition coefficient (Wildman–Crippen LogP) is 5.63. The maximum Gasteiger partial charge on any atom is 0.255 e. The molecule has 0 unspecified atom stereocenters. The monoisotopic (exact) mass is 543 g/mol. The molecule has 0 fully saturated rings. The van der Waals surface area contributed by atoms with E-state index in [1.807, 2.05) is 42.5 Å². The Morgan fingerprint density at radius 3 is 2.39 bits per heavy atom. The molecule has 0 aliphatic rings. The summed E-state index contributed by atoms with van der Waals surface area (Å²) < 4.78 is 42.0. The molecule has 4 aromatic carbocycles. The molecule has 6 nitrogen and oxygen atoms in total. The predicted molar refractivity (Wildman–Crippen MR) is 140 cm³/mol. The number of rotatable bonds is 8. The number of hydrazone groups is 1. The molecule has 4 rings (SSSR count). The Morgan fingerprint density at radius 1 is 0.944 bits per heavy atom. The van der Waals surface area contributed by atoms with Crippen LogP contribution in [0.15, 0.2) is 94.9 Å². The first-order chi connectivity index (χ1) is 17.3. The number of sulfonamides is 1. The number of amides is 1. The fourth-order valence-corrected chi connectivity index (χ4v) is 5.29. The van der Waals surface area contributed by atoms with Crippen molar-refractivity contribution in [3.63, 3.8) is 0 Å². The topological polar surface area (TPSA) is 78.8 Å². The van der Waals surface area contributed by atoms with Crippen molar-refractivity contribution < 1.29 is 17.6 Å². The second-order valence-electron chi connectivity index (χ2n) is 7.79. The molecular formula is C26H20Cl2FN3O3S. The molecule has 0 radical (unpaired) electrons. The van der Waals surface area contributed by atoms with Gasteiger partial charge in [-0.1, -0.05) is 71.7 Å². The number of carbonyl (C=O) groups is 1. The number of hydrogen-bond acceptors (Lipinski definition) is 4. The van der Waals surface area contributed by atoms with Crippen LogP contribution < -0.4 is 5.43 Å². The first kappa shape index (κ1) is 25.8. The molecule has 0 aromatic heterocycles. The van der Waals surface area contributed by atoms with E-state index in [9.17, 15) is 17.6 Å². The van der Waals surface area contributed by atoms with Crippen LogP contribution in [0.5, 0.6) is 0 Å². The number of carbonyl (C=O) groups excluding carboxylic acids is 1. The second kappa shape index (κ2) is 11.2. The largest absolute Gasteiger partial charge is 0.272 e. The first-order valence-electron chi connectivity index (χ1n) is 10.7. The summed E-state index contributed by atoms with van der Waals surface area (Å²) in [7, 11) is -4.21. The maximum absolute atomic E-state index is 14.5. The number of halogens is 3. The van der Waals surface area contributed by atoms with Crippen LogP contribution >= 0.6 is 23.2 Å². The Hall–Kier alpha value is -3.30. The molecule has 1 amide bonds. The highest BCUT2D eigenvalue weighted by Crippen LogP contribution is 2.25. The average molecular weight is 544 g/mol. The molecule has 184 valence electrons. The Labute approximate surface area is 218 Å². The van der Waals surface area contributed by atoms with E-state index >= 15 is 0 Å². The van der Waals surface area contributed by atoms with Crippen molar-refractivity contribution >= 4 is 56.1 Å². The molecule has 0 spiro atoms. The van der Waals surface area contributed by atoms with E-state index in [4.69, 9.17) is 23.2 Å². The third-order valence-corrected chi connectivity index (χ3v) is 7.80. The molecule has 36 heavy (non-hydrogen) atoms. The second-order valence-corrected chi connectivity index (χ2v) is 10.6. The molecule has 0 aliphatic carbocycles. The summed E-state index contributed by atoms with van der Waals surface area (Å²) in [6.07, 6.45) is 1.48. The van der Waals surface area contributed by atoms with Gasteiger partial charge in [-0.05, 0) is 47.2 Å². The van der Waals surface area contributed by atoms with Gasteiger partial charge < -0.3 is 0 Å². The van der Waals surface area contributed by atoms with Crippen molar-refractivity contribution in [2.75, 3.05) is 6.54 Å². The summed E-state index contributed by atoms with van der Waals surface area (Å²) in [6, 6.07) is 22.8. The minimum atomic E-state index is -4.21. The highest BCUT2D eigenvalue weighted by molar-refractivity contribution is 7.89. The molecule has 1 N–H and O–H groups in total. The van der Waals surface area contributed by atoms with E-state index in [0.29, 0.717) is 5.02 Å². The van der Waals surface area contributed by atoms with Gasteiger partial charge in [-0.15, -0.1) is 0 Å². The van der Waals surface area contributed by atoms with Crippen LogP contribution in [0.1, 0.15) is 11.1 Å². The van der Waals surface area contributed by atoms with Gasteiger partial charge in [0.1, 0.15) is 5.82 Å². The van der Waals surface area contributed by atoms with E-state index in [1.54, 1.807) is 0 Å². The van der Waals surface area contributed by atoms with Crippen molar-refractivity contribution in [2.45, 2.75) is 11.4 Å². The maximum atomic E-state index is 14.5. The van der Waals surface area contributed by atoms with E-state index in [1.165, 1.54) is 48.7 Å². The first-order valence-corrected chi connectivity index (χ1v) is 12.9. The Kier molecular flexibility index (Phi) is 8.01. The van der Waals surface area contributed by atoms with Crippen LogP contribution in [0.4, 0.5) is 4.39 Å². The average Bonchev–Trinajstić information content (AvgIpc) is 2.86. The third kappa shape index (κ3) is 5.91. The number of nitrogens with zero attached hydrogens (tertiary/aromatic N) is 2. The van der Waals surface area contributed by atoms with Gasteiger partial charge in [0, 0.05) is 27.7 Å². The highest BCUT2D eigenvalue weighted by Gasteiger charge is 2.28. The molecule has 10 heteroatoms. The Bertz CT molecular complexity index is 1520. The minimum absolute atomic E-state index is 0.0423. The van der Waals surface area contributed by atoms with Crippen molar-refractivity contribution in [1.29, 1.82) is 0 Å². The standard InChI is InChI=1S/C26H20Cl2FN3O3S/c27-20-11-13-21(14-12-20)36(34,35)32(16-23-24(28)9-4-10-25(23)29)17-26(33)31-30-15-19-7-3-6-18-5-1-2-8-22(18)19/h1-15H,16-17H2,(H,31,33)/b30-15-. The lowest BCUT2D eigenvalue weighted by atomic mass is 10.1.